The van der Waals surface area contributed by atoms with E-state index in [0.717, 1.165) is 14.2 Å². The van der Waals surface area contributed by atoms with Gasteiger partial charge >= 0.3 is 11.9 Å². The number of benzene rings is 2. The van der Waals surface area contributed by atoms with Gasteiger partial charge in [-0.2, -0.15) is 5.26 Å². The lowest BCUT2D eigenvalue weighted by Gasteiger charge is -2.35. The molecule has 3 N–H and O–H groups in total. The zero-order chi connectivity index (χ0) is 28.9. The molecular weight excluding hydrogens is 534 g/mol. The highest BCUT2D eigenvalue weighted by Gasteiger charge is 2.43. The fourth-order valence-electron chi connectivity index (χ4n) is 4.31. The number of hydrogen-bond donors (Lipinski definition) is 2. The van der Waals surface area contributed by atoms with E-state index >= 15 is 0 Å². The Labute approximate surface area is 231 Å². The Morgan fingerprint density at radius 2 is 1.65 bits per heavy atom. The number of nitrogens with one attached hydrogen (secondary N) is 1. The Bertz CT molecular complexity index is 1630. The molecule has 40 heavy (non-hydrogen) atoms. The molecule has 4 rings (SSSR count). The highest BCUT2D eigenvalue weighted by molar-refractivity contribution is 7.89. The van der Waals surface area contributed by atoms with Gasteiger partial charge in [0.15, 0.2) is 0 Å². The van der Waals surface area contributed by atoms with Crippen LogP contribution in [0.2, 0.25) is 0 Å². The second-order valence-corrected chi connectivity index (χ2v) is 10.2. The van der Waals surface area contributed by atoms with Crippen molar-refractivity contribution in [3.63, 3.8) is 0 Å². The third-order valence-electron chi connectivity index (χ3n) is 6.19. The van der Waals surface area contributed by atoms with Crippen molar-refractivity contribution in [2.45, 2.75) is 17.4 Å². The Kier molecular flexibility index (Phi) is 8.28. The first-order chi connectivity index (χ1) is 19.2. The quantitative estimate of drug-likeness (QED) is 0.392. The van der Waals surface area contributed by atoms with Crippen molar-refractivity contribution < 1.29 is 27.5 Å². The molecule has 1 atom stereocenters. The minimum atomic E-state index is -3.92. The summed E-state index contributed by atoms with van der Waals surface area (Å²) in [4.78, 5) is 31.5. The number of carbonyl (C=O) groups is 2. The van der Waals surface area contributed by atoms with Gasteiger partial charge in [-0.05, 0) is 42.0 Å². The van der Waals surface area contributed by atoms with E-state index in [-0.39, 0.29) is 39.8 Å². The van der Waals surface area contributed by atoms with Gasteiger partial charge in [0.1, 0.15) is 11.5 Å². The maximum Gasteiger partial charge on any atom is 0.355 e. The smallest absolute Gasteiger partial charge is 0.355 e. The minimum absolute atomic E-state index is 0.00650. The molecule has 0 fully saturated rings. The molecule has 1 aliphatic heterocycles. The molecule has 1 aromatic heterocycles. The van der Waals surface area contributed by atoms with Crippen LogP contribution in [0.5, 0.6) is 0 Å². The number of sulfonamides is 1. The van der Waals surface area contributed by atoms with Crippen molar-refractivity contribution in [3.8, 4) is 6.07 Å². The summed E-state index contributed by atoms with van der Waals surface area (Å²) in [6.45, 7) is -0.0170. The number of methoxy groups -OCH3 is 2. The van der Waals surface area contributed by atoms with Gasteiger partial charge in [0, 0.05) is 11.9 Å². The molecule has 0 saturated heterocycles. The lowest BCUT2D eigenvalue weighted by Crippen LogP contribution is -2.40. The number of nitrogens with zero attached hydrogens (tertiary/aromatic N) is 3. The van der Waals surface area contributed by atoms with Crippen LogP contribution >= 0.6 is 0 Å². The zero-order valence-electron chi connectivity index (χ0n) is 21.6. The van der Waals surface area contributed by atoms with E-state index in [2.05, 4.69) is 15.8 Å². The SMILES string of the molecule is COC(=O)C1=C(C(=O)OC)N(c2ccc(S(=O)(=O)NCc3ccccn3)cc2)C(N)=C(C#N)C1c1ccccc1. The van der Waals surface area contributed by atoms with Crippen molar-refractivity contribution in [2.75, 3.05) is 19.1 Å². The van der Waals surface area contributed by atoms with Gasteiger partial charge in [0.25, 0.3) is 0 Å². The largest absolute Gasteiger partial charge is 0.466 e. The van der Waals surface area contributed by atoms with Crippen molar-refractivity contribution in [3.05, 3.63) is 113 Å². The Morgan fingerprint density at radius 3 is 2.23 bits per heavy atom. The molecular formula is C28H25N5O6S. The highest BCUT2D eigenvalue weighted by atomic mass is 32.2. The molecule has 3 aromatic rings. The van der Waals surface area contributed by atoms with Crippen LogP contribution in [-0.2, 0) is 35.6 Å². The van der Waals surface area contributed by atoms with Gasteiger partial charge in [-0.25, -0.2) is 22.7 Å². The van der Waals surface area contributed by atoms with Crippen molar-refractivity contribution >= 4 is 27.6 Å². The van der Waals surface area contributed by atoms with Crippen LogP contribution < -0.4 is 15.4 Å². The Hall–Kier alpha value is -4.99. The number of nitriles is 1. The van der Waals surface area contributed by atoms with Crippen LogP contribution in [0.4, 0.5) is 5.69 Å². The van der Waals surface area contributed by atoms with Crippen molar-refractivity contribution in [1.29, 1.82) is 5.26 Å². The third kappa shape index (κ3) is 5.42. The van der Waals surface area contributed by atoms with Gasteiger partial charge in [-0.15, -0.1) is 0 Å². The molecule has 2 heterocycles. The number of carbonyl (C=O) groups excluding carboxylic acids is 2. The summed E-state index contributed by atoms with van der Waals surface area (Å²) in [7, 11) is -1.63. The summed E-state index contributed by atoms with van der Waals surface area (Å²) in [6.07, 6.45) is 1.56. The molecule has 0 radical (unpaired) electrons. The van der Waals surface area contributed by atoms with Crippen LogP contribution in [0.15, 0.2) is 107 Å². The second-order valence-electron chi connectivity index (χ2n) is 8.47. The Morgan fingerprint density at radius 1 is 1.00 bits per heavy atom. The number of rotatable bonds is 8. The van der Waals surface area contributed by atoms with E-state index in [1.165, 1.54) is 29.2 Å². The molecule has 204 valence electrons. The summed E-state index contributed by atoms with van der Waals surface area (Å²) >= 11 is 0. The predicted octanol–water partition coefficient (Wildman–Crippen LogP) is 2.46. The average Bonchev–Trinajstić information content (AvgIpc) is 2.99. The van der Waals surface area contributed by atoms with E-state index < -0.39 is 27.9 Å². The number of pyridine rings is 1. The van der Waals surface area contributed by atoms with Gasteiger partial charge in [0.05, 0.1) is 54.5 Å². The molecule has 0 aliphatic carbocycles. The summed E-state index contributed by atoms with van der Waals surface area (Å²) in [5.74, 6) is -2.92. The summed E-state index contributed by atoms with van der Waals surface area (Å²) < 4.78 is 38.3. The molecule has 0 saturated carbocycles. The standard InChI is InChI=1S/C28H25N5O6S/c1-38-27(34)24-23(18-8-4-3-5-9-18)22(16-29)26(30)33(25(24)28(35)39-2)20-11-13-21(14-12-20)40(36,37)32-17-19-10-6-7-15-31-19/h3-15,23,32H,17,30H2,1-2H3. The molecule has 2 aromatic carbocycles. The maximum absolute atomic E-state index is 13.1. The molecule has 1 aliphatic rings. The first-order valence-corrected chi connectivity index (χ1v) is 13.4. The van der Waals surface area contributed by atoms with Gasteiger partial charge in [0.2, 0.25) is 10.0 Å². The Balaban J connectivity index is 1.81. The van der Waals surface area contributed by atoms with Crippen LogP contribution in [0.1, 0.15) is 17.2 Å². The van der Waals surface area contributed by atoms with E-state index in [9.17, 15) is 23.3 Å². The topological polar surface area (TPSA) is 165 Å². The van der Waals surface area contributed by atoms with Gasteiger partial charge in [-0.3, -0.25) is 9.88 Å². The first-order valence-electron chi connectivity index (χ1n) is 11.9. The van der Waals surface area contributed by atoms with Crippen molar-refractivity contribution in [2.24, 2.45) is 5.73 Å². The van der Waals surface area contributed by atoms with Crippen LogP contribution in [0, 0.1) is 11.3 Å². The fraction of sp³-hybridized carbons (Fsp3) is 0.143. The number of allylic oxidation sites excluding steroid dienone is 1. The molecule has 1 unspecified atom stereocenters. The third-order valence-corrected chi connectivity index (χ3v) is 7.60. The highest BCUT2D eigenvalue weighted by Crippen LogP contribution is 2.43. The maximum atomic E-state index is 13.1. The second kappa shape index (κ2) is 11.8. The van der Waals surface area contributed by atoms with Gasteiger partial charge < -0.3 is 15.2 Å². The lowest BCUT2D eigenvalue weighted by molar-refractivity contribution is -0.139. The predicted molar refractivity (Wildman–Crippen MR) is 144 cm³/mol. The van der Waals surface area contributed by atoms with E-state index in [0.29, 0.717) is 11.3 Å². The molecule has 0 bridgehead atoms. The van der Waals surface area contributed by atoms with Crippen LogP contribution in [-0.4, -0.2) is 39.6 Å². The first kappa shape index (κ1) is 28.0. The fourth-order valence-corrected chi connectivity index (χ4v) is 5.31. The number of ether oxygens (including phenoxy) is 2. The average molecular weight is 560 g/mol. The number of hydrogen-bond acceptors (Lipinski definition) is 10. The molecule has 0 amide bonds. The van der Waals surface area contributed by atoms with Crippen LogP contribution in [0.3, 0.4) is 0 Å². The summed E-state index contributed by atoms with van der Waals surface area (Å²) in [5, 5.41) is 10.1. The lowest BCUT2D eigenvalue weighted by atomic mass is 9.81. The molecule has 11 nitrogen and oxygen atoms in total. The van der Waals surface area contributed by atoms with E-state index in [1.807, 2.05) is 0 Å². The van der Waals surface area contributed by atoms with E-state index in [4.69, 9.17) is 15.2 Å². The minimum Gasteiger partial charge on any atom is -0.466 e. The number of nitrogens with two attached hydrogens (primary N) is 1. The van der Waals surface area contributed by atoms with Gasteiger partial charge in [-0.1, -0.05) is 36.4 Å². The molecule has 12 heteroatoms. The van der Waals surface area contributed by atoms with Crippen molar-refractivity contribution in [1.82, 2.24) is 9.71 Å². The summed E-state index contributed by atoms with van der Waals surface area (Å²) in [6, 6.07) is 21.2. The zero-order valence-corrected chi connectivity index (χ0v) is 22.4. The monoisotopic (exact) mass is 559 g/mol. The number of anilines is 1. The normalized spacial score (nSPS) is 15.4. The number of aromatic nitrogens is 1. The van der Waals surface area contributed by atoms with E-state index in [1.54, 1.807) is 54.7 Å². The number of esters is 2. The summed E-state index contributed by atoms with van der Waals surface area (Å²) in [5.41, 5.74) is 7.33. The van der Waals surface area contributed by atoms with Crippen LogP contribution in [0.25, 0.3) is 0 Å². The molecule has 0 spiro atoms.